The van der Waals surface area contributed by atoms with Crippen LogP contribution in [0, 0.1) is 5.82 Å². The van der Waals surface area contributed by atoms with Crippen molar-refractivity contribution >= 4 is 45.0 Å². The molecule has 1 heterocycles. The molecule has 0 amide bonds. The maximum Gasteiger partial charge on any atom is 0.224 e. The molecule has 0 bridgehead atoms. The number of halogens is 3. The van der Waals surface area contributed by atoms with Crippen molar-refractivity contribution in [3.63, 3.8) is 0 Å². The average molecular weight is 346 g/mol. The smallest absolute Gasteiger partial charge is 0.224 e. The van der Waals surface area contributed by atoms with Gasteiger partial charge in [0.2, 0.25) is 5.95 Å². The van der Waals surface area contributed by atoms with Gasteiger partial charge in [0.25, 0.3) is 0 Å². The normalized spacial score (nSPS) is 10.3. The SMILES string of the molecule is CCNc1ncc(Br)c(Nc2cccc(Cl)c2F)n1. The van der Waals surface area contributed by atoms with Gasteiger partial charge < -0.3 is 10.6 Å². The van der Waals surface area contributed by atoms with E-state index < -0.39 is 5.82 Å². The minimum atomic E-state index is -0.514. The Kier molecular flexibility index (Phi) is 4.55. The van der Waals surface area contributed by atoms with Crippen LogP contribution in [0.25, 0.3) is 0 Å². The van der Waals surface area contributed by atoms with Gasteiger partial charge in [-0.2, -0.15) is 4.98 Å². The fraction of sp³-hybridized carbons (Fsp3) is 0.167. The third-order valence-corrected chi connectivity index (χ3v) is 3.16. The first-order valence-electron chi connectivity index (χ1n) is 5.59. The van der Waals surface area contributed by atoms with Gasteiger partial charge in [0.1, 0.15) is 5.82 Å². The summed E-state index contributed by atoms with van der Waals surface area (Å²) in [5.41, 5.74) is 0.259. The Balaban J connectivity index is 2.32. The van der Waals surface area contributed by atoms with Crippen molar-refractivity contribution in [3.8, 4) is 0 Å². The third-order valence-electron chi connectivity index (χ3n) is 2.28. The molecule has 19 heavy (non-hydrogen) atoms. The van der Waals surface area contributed by atoms with E-state index in [2.05, 4.69) is 36.5 Å². The number of benzene rings is 1. The molecular formula is C12H11BrClFN4. The predicted octanol–water partition coefficient (Wildman–Crippen LogP) is 4.21. The molecule has 0 saturated carbocycles. The fourth-order valence-corrected chi connectivity index (χ4v) is 1.89. The first-order chi connectivity index (χ1) is 9.11. The molecule has 2 aromatic rings. The van der Waals surface area contributed by atoms with E-state index in [1.54, 1.807) is 18.3 Å². The summed E-state index contributed by atoms with van der Waals surface area (Å²) in [5.74, 6) is 0.419. The topological polar surface area (TPSA) is 49.8 Å². The van der Waals surface area contributed by atoms with Crippen molar-refractivity contribution in [1.29, 1.82) is 0 Å². The molecule has 7 heteroatoms. The Bertz CT molecular complexity index is 594. The van der Waals surface area contributed by atoms with Gasteiger partial charge in [0.05, 0.1) is 15.2 Å². The van der Waals surface area contributed by atoms with Crippen LogP contribution in [0.15, 0.2) is 28.9 Å². The molecule has 0 unspecified atom stereocenters. The van der Waals surface area contributed by atoms with Crippen LogP contribution in [0.1, 0.15) is 6.92 Å². The number of hydrogen-bond donors (Lipinski definition) is 2. The Morgan fingerprint density at radius 1 is 1.42 bits per heavy atom. The molecule has 1 aromatic heterocycles. The third kappa shape index (κ3) is 3.33. The van der Waals surface area contributed by atoms with Crippen LogP contribution >= 0.6 is 27.5 Å². The maximum absolute atomic E-state index is 13.8. The summed E-state index contributed by atoms with van der Waals surface area (Å²) in [4.78, 5) is 8.32. The number of nitrogens with zero attached hydrogens (tertiary/aromatic N) is 2. The minimum absolute atomic E-state index is 0.0575. The Hall–Kier alpha value is -1.40. The van der Waals surface area contributed by atoms with E-state index in [4.69, 9.17) is 11.6 Å². The quantitative estimate of drug-likeness (QED) is 0.871. The van der Waals surface area contributed by atoms with Gasteiger partial charge in [-0.05, 0) is 35.0 Å². The molecule has 0 spiro atoms. The molecule has 0 aliphatic rings. The van der Waals surface area contributed by atoms with Crippen LogP contribution in [-0.2, 0) is 0 Å². The van der Waals surface area contributed by atoms with Gasteiger partial charge in [0, 0.05) is 12.7 Å². The Morgan fingerprint density at radius 2 is 2.21 bits per heavy atom. The number of hydrogen-bond acceptors (Lipinski definition) is 4. The summed E-state index contributed by atoms with van der Waals surface area (Å²) in [6.45, 7) is 2.64. The molecule has 2 N–H and O–H groups in total. The van der Waals surface area contributed by atoms with Crippen molar-refractivity contribution in [1.82, 2.24) is 9.97 Å². The van der Waals surface area contributed by atoms with Crippen LogP contribution in [-0.4, -0.2) is 16.5 Å². The van der Waals surface area contributed by atoms with Gasteiger partial charge in [-0.1, -0.05) is 17.7 Å². The van der Waals surface area contributed by atoms with Crippen molar-refractivity contribution in [3.05, 3.63) is 39.7 Å². The minimum Gasteiger partial charge on any atom is -0.354 e. The van der Waals surface area contributed by atoms with E-state index >= 15 is 0 Å². The van der Waals surface area contributed by atoms with Crippen LogP contribution in [0.5, 0.6) is 0 Å². The van der Waals surface area contributed by atoms with Crippen molar-refractivity contribution in [2.75, 3.05) is 17.2 Å². The van der Waals surface area contributed by atoms with E-state index in [0.717, 1.165) is 0 Å². The molecule has 0 fully saturated rings. The second-order valence-electron chi connectivity index (χ2n) is 3.65. The summed E-state index contributed by atoms with van der Waals surface area (Å²) in [6.07, 6.45) is 1.59. The molecular weight excluding hydrogens is 335 g/mol. The molecule has 4 nitrogen and oxygen atoms in total. The van der Waals surface area contributed by atoms with Gasteiger partial charge in [0.15, 0.2) is 5.82 Å². The van der Waals surface area contributed by atoms with Gasteiger partial charge in [-0.3, -0.25) is 0 Å². The summed E-state index contributed by atoms with van der Waals surface area (Å²) >= 11 is 9.04. The largest absolute Gasteiger partial charge is 0.354 e. The van der Waals surface area contributed by atoms with E-state index in [1.807, 2.05) is 6.92 Å². The molecule has 0 aliphatic heterocycles. The van der Waals surface area contributed by atoms with Gasteiger partial charge in [-0.25, -0.2) is 9.37 Å². The Morgan fingerprint density at radius 3 is 2.95 bits per heavy atom. The zero-order valence-electron chi connectivity index (χ0n) is 10.0. The molecule has 0 atom stereocenters. The molecule has 0 radical (unpaired) electrons. The molecule has 0 saturated heterocycles. The molecule has 0 aliphatic carbocycles. The Labute approximate surface area is 123 Å². The first-order valence-corrected chi connectivity index (χ1v) is 6.76. The maximum atomic E-state index is 13.8. The number of aromatic nitrogens is 2. The lowest BCUT2D eigenvalue weighted by Gasteiger charge is -2.10. The monoisotopic (exact) mass is 344 g/mol. The first kappa shape index (κ1) is 14.0. The average Bonchev–Trinajstić information content (AvgIpc) is 2.39. The molecule has 2 rings (SSSR count). The molecule has 1 aromatic carbocycles. The number of anilines is 3. The van der Waals surface area contributed by atoms with E-state index in [-0.39, 0.29) is 10.7 Å². The van der Waals surface area contributed by atoms with Crippen LogP contribution in [0.2, 0.25) is 5.02 Å². The number of nitrogens with one attached hydrogen (secondary N) is 2. The second-order valence-corrected chi connectivity index (χ2v) is 4.91. The van der Waals surface area contributed by atoms with Crippen molar-refractivity contribution in [2.24, 2.45) is 0 Å². The summed E-state index contributed by atoms with van der Waals surface area (Å²) in [6, 6.07) is 4.73. The van der Waals surface area contributed by atoms with Crippen LogP contribution < -0.4 is 10.6 Å². The lowest BCUT2D eigenvalue weighted by Crippen LogP contribution is -2.05. The van der Waals surface area contributed by atoms with Crippen molar-refractivity contribution < 1.29 is 4.39 Å². The highest BCUT2D eigenvalue weighted by Crippen LogP contribution is 2.28. The highest BCUT2D eigenvalue weighted by molar-refractivity contribution is 9.10. The zero-order chi connectivity index (χ0) is 13.8. The summed E-state index contributed by atoms with van der Waals surface area (Å²) in [7, 11) is 0. The standard InChI is InChI=1S/C12H11BrClFN4/c1-2-16-12-17-6-7(13)11(19-12)18-9-5-3-4-8(14)10(9)15/h3-6H,2H2,1H3,(H2,16,17,18,19). The lowest BCUT2D eigenvalue weighted by molar-refractivity contribution is 0.632. The molecule has 100 valence electrons. The van der Waals surface area contributed by atoms with E-state index in [9.17, 15) is 4.39 Å². The summed E-state index contributed by atoms with van der Waals surface area (Å²) < 4.78 is 14.4. The second kappa shape index (κ2) is 6.16. The highest BCUT2D eigenvalue weighted by atomic mass is 79.9. The highest BCUT2D eigenvalue weighted by Gasteiger charge is 2.10. The lowest BCUT2D eigenvalue weighted by atomic mass is 10.3. The zero-order valence-corrected chi connectivity index (χ0v) is 12.4. The predicted molar refractivity (Wildman–Crippen MR) is 78.6 cm³/mol. The van der Waals surface area contributed by atoms with Gasteiger partial charge in [-0.15, -0.1) is 0 Å². The fourth-order valence-electron chi connectivity index (χ4n) is 1.43. The van der Waals surface area contributed by atoms with Crippen molar-refractivity contribution in [2.45, 2.75) is 6.92 Å². The van der Waals surface area contributed by atoms with Gasteiger partial charge >= 0.3 is 0 Å². The van der Waals surface area contributed by atoms with E-state index in [0.29, 0.717) is 22.8 Å². The van der Waals surface area contributed by atoms with Crippen LogP contribution in [0.3, 0.4) is 0 Å². The number of rotatable bonds is 4. The van der Waals surface area contributed by atoms with Crippen LogP contribution in [0.4, 0.5) is 21.8 Å². The van der Waals surface area contributed by atoms with E-state index in [1.165, 1.54) is 6.07 Å². The summed E-state index contributed by atoms with van der Waals surface area (Å²) in [5, 5.41) is 5.92.